The molecule has 7 nitrogen and oxygen atoms in total. The lowest BCUT2D eigenvalue weighted by atomic mass is 10.1. The van der Waals surface area contributed by atoms with E-state index in [9.17, 15) is 9.59 Å². The second-order valence-corrected chi connectivity index (χ2v) is 5.49. The Morgan fingerprint density at radius 1 is 1.50 bits per heavy atom. The SMILES string of the molecule is COc1cc(/C=C2/C(=O)ON=C2C)cc(I)c1OCC(=O)O. The first-order chi connectivity index (χ1) is 10.4. The standard InChI is InChI=1S/C14H12INO6/c1-7-9(14(19)22-16-7)3-8-4-10(15)13(11(5-8)20-2)21-6-12(17)18/h3-5H,6H2,1-2H3,(H,17,18)/b9-3+. The zero-order chi connectivity index (χ0) is 16.3. The lowest BCUT2D eigenvalue weighted by molar-refractivity contribution is -0.139. The summed E-state index contributed by atoms with van der Waals surface area (Å²) in [4.78, 5) is 26.7. The van der Waals surface area contributed by atoms with Gasteiger partial charge in [0.25, 0.3) is 0 Å². The van der Waals surface area contributed by atoms with Crippen LogP contribution in [0.5, 0.6) is 11.5 Å². The van der Waals surface area contributed by atoms with Crippen molar-refractivity contribution in [1.29, 1.82) is 0 Å². The Hall–Kier alpha value is -2.10. The third-order valence-electron chi connectivity index (χ3n) is 2.78. The van der Waals surface area contributed by atoms with Gasteiger partial charge in [-0.25, -0.2) is 9.59 Å². The van der Waals surface area contributed by atoms with E-state index in [0.29, 0.717) is 31.9 Å². The number of carbonyl (C=O) groups excluding carboxylic acids is 1. The zero-order valence-electron chi connectivity index (χ0n) is 11.8. The average molecular weight is 417 g/mol. The van der Waals surface area contributed by atoms with E-state index in [-0.39, 0.29) is 0 Å². The van der Waals surface area contributed by atoms with Crippen molar-refractivity contribution in [2.45, 2.75) is 6.92 Å². The molecule has 0 saturated heterocycles. The van der Waals surface area contributed by atoms with Gasteiger partial charge < -0.3 is 19.4 Å². The largest absolute Gasteiger partial charge is 0.493 e. The number of carbonyl (C=O) groups is 2. The van der Waals surface area contributed by atoms with E-state index in [4.69, 9.17) is 14.6 Å². The highest BCUT2D eigenvalue weighted by Gasteiger charge is 2.22. The summed E-state index contributed by atoms with van der Waals surface area (Å²) in [5.74, 6) is -0.879. The van der Waals surface area contributed by atoms with Crippen molar-refractivity contribution >= 4 is 46.3 Å². The van der Waals surface area contributed by atoms with Crippen molar-refractivity contribution in [2.75, 3.05) is 13.7 Å². The number of oxime groups is 1. The highest BCUT2D eigenvalue weighted by molar-refractivity contribution is 14.1. The summed E-state index contributed by atoms with van der Waals surface area (Å²) in [5, 5.41) is 12.3. The first-order valence-corrected chi connectivity index (χ1v) is 7.20. The van der Waals surface area contributed by atoms with Gasteiger partial charge in [0.2, 0.25) is 0 Å². The minimum Gasteiger partial charge on any atom is -0.493 e. The van der Waals surface area contributed by atoms with Gasteiger partial charge in [-0.2, -0.15) is 0 Å². The molecule has 1 aromatic rings. The van der Waals surface area contributed by atoms with Gasteiger partial charge in [0, 0.05) is 0 Å². The number of methoxy groups -OCH3 is 1. The molecule has 0 saturated carbocycles. The van der Waals surface area contributed by atoms with Crippen LogP contribution < -0.4 is 9.47 Å². The normalized spacial score (nSPS) is 15.5. The molecule has 0 atom stereocenters. The Bertz CT molecular complexity index is 695. The Morgan fingerprint density at radius 3 is 2.77 bits per heavy atom. The molecular weight excluding hydrogens is 405 g/mol. The molecule has 1 aliphatic rings. The predicted octanol–water partition coefficient (Wildman–Crippen LogP) is 2.08. The maximum absolute atomic E-state index is 11.5. The number of aliphatic carboxylic acids is 1. The number of carboxylic acid groups (broad SMARTS) is 1. The predicted molar refractivity (Wildman–Crippen MR) is 86.0 cm³/mol. The third-order valence-corrected chi connectivity index (χ3v) is 3.58. The van der Waals surface area contributed by atoms with Crippen LogP contribution in [0.2, 0.25) is 0 Å². The van der Waals surface area contributed by atoms with Gasteiger partial charge in [0.05, 0.1) is 22.0 Å². The van der Waals surface area contributed by atoms with Gasteiger partial charge in [-0.05, 0) is 53.3 Å². The zero-order valence-corrected chi connectivity index (χ0v) is 13.9. The number of rotatable bonds is 5. The summed E-state index contributed by atoms with van der Waals surface area (Å²) >= 11 is 2.01. The summed E-state index contributed by atoms with van der Waals surface area (Å²) < 4.78 is 11.1. The highest BCUT2D eigenvalue weighted by atomic mass is 127. The summed E-state index contributed by atoms with van der Waals surface area (Å²) in [6.07, 6.45) is 1.62. The molecule has 0 spiro atoms. The topological polar surface area (TPSA) is 94.4 Å². The van der Waals surface area contributed by atoms with Crippen LogP contribution in [0.3, 0.4) is 0 Å². The third kappa shape index (κ3) is 3.56. The molecule has 22 heavy (non-hydrogen) atoms. The molecule has 0 amide bonds. The summed E-state index contributed by atoms with van der Waals surface area (Å²) in [6.45, 7) is 1.20. The van der Waals surface area contributed by atoms with Crippen LogP contribution in [0.1, 0.15) is 12.5 Å². The fourth-order valence-corrected chi connectivity index (χ4v) is 2.56. The van der Waals surface area contributed by atoms with Gasteiger partial charge in [-0.15, -0.1) is 0 Å². The number of nitrogens with zero attached hydrogens (tertiary/aromatic N) is 1. The second-order valence-electron chi connectivity index (χ2n) is 4.33. The Balaban J connectivity index is 2.38. The molecule has 0 aromatic heterocycles. The molecule has 0 bridgehead atoms. The molecule has 116 valence electrons. The number of carboxylic acids is 1. The smallest absolute Gasteiger partial charge is 0.367 e. The highest BCUT2D eigenvalue weighted by Crippen LogP contribution is 2.34. The van der Waals surface area contributed by atoms with Crippen LogP contribution in [0.15, 0.2) is 22.9 Å². The first kappa shape index (κ1) is 16.3. The minimum atomic E-state index is -1.08. The number of benzene rings is 1. The van der Waals surface area contributed by atoms with Crippen molar-refractivity contribution in [3.05, 3.63) is 26.8 Å². The van der Waals surface area contributed by atoms with E-state index in [2.05, 4.69) is 9.99 Å². The molecule has 1 heterocycles. The van der Waals surface area contributed by atoms with Crippen molar-refractivity contribution in [2.24, 2.45) is 5.16 Å². The van der Waals surface area contributed by atoms with Crippen molar-refractivity contribution < 1.29 is 29.0 Å². The fourth-order valence-electron chi connectivity index (χ4n) is 1.78. The van der Waals surface area contributed by atoms with Gasteiger partial charge in [-0.3, -0.25) is 0 Å². The fraction of sp³-hybridized carbons (Fsp3) is 0.214. The lowest BCUT2D eigenvalue weighted by Crippen LogP contribution is -2.11. The van der Waals surface area contributed by atoms with Crippen LogP contribution in [-0.4, -0.2) is 36.5 Å². The lowest BCUT2D eigenvalue weighted by Gasteiger charge is -2.12. The van der Waals surface area contributed by atoms with Crippen LogP contribution in [0, 0.1) is 3.57 Å². The molecule has 8 heteroatoms. The number of hydrogen-bond acceptors (Lipinski definition) is 6. The molecule has 0 aliphatic carbocycles. The second kappa shape index (κ2) is 6.77. The summed E-state index contributed by atoms with van der Waals surface area (Å²) in [7, 11) is 1.45. The van der Waals surface area contributed by atoms with Crippen LogP contribution >= 0.6 is 22.6 Å². The van der Waals surface area contributed by atoms with E-state index in [1.165, 1.54) is 7.11 Å². The number of hydrogen-bond donors (Lipinski definition) is 1. The maximum atomic E-state index is 11.5. The molecule has 1 N–H and O–H groups in total. The van der Waals surface area contributed by atoms with Crippen LogP contribution in [-0.2, 0) is 14.4 Å². The average Bonchev–Trinajstić information content (AvgIpc) is 2.77. The van der Waals surface area contributed by atoms with E-state index >= 15 is 0 Å². The van der Waals surface area contributed by atoms with Crippen molar-refractivity contribution in [3.8, 4) is 11.5 Å². The van der Waals surface area contributed by atoms with E-state index in [0.717, 1.165) is 0 Å². The van der Waals surface area contributed by atoms with E-state index in [1.807, 2.05) is 22.6 Å². The minimum absolute atomic E-state index is 0.340. The van der Waals surface area contributed by atoms with Crippen molar-refractivity contribution in [1.82, 2.24) is 0 Å². The van der Waals surface area contributed by atoms with Gasteiger partial charge in [0.1, 0.15) is 0 Å². The Kier molecular flexibility index (Phi) is 5.01. The molecule has 0 unspecified atom stereocenters. The maximum Gasteiger partial charge on any atom is 0.367 e. The van der Waals surface area contributed by atoms with Crippen molar-refractivity contribution in [3.63, 3.8) is 0 Å². The monoisotopic (exact) mass is 417 g/mol. The van der Waals surface area contributed by atoms with Crippen LogP contribution in [0.4, 0.5) is 0 Å². The summed E-state index contributed by atoms with van der Waals surface area (Å²) in [5.41, 5.74) is 1.54. The van der Waals surface area contributed by atoms with E-state index < -0.39 is 18.5 Å². The van der Waals surface area contributed by atoms with Gasteiger partial charge in [0.15, 0.2) is 18.1 Å². The molecule has 0 fully saturated rings. The van der Waals surface area contributed by atoms with E-state index in [1.54, 1.807) is 25.1 Å². The van der Waals surface area contributed by atoms with Crippen LogP contribution in [0.25, 0.3) is 6.08 Å². The molecule has 0 radical (unpaired) electrons. The Morgan fingerprint density at radius 2 is 2.23 bits per heavy atom. The molecule has 1 aliphatic heterocycles. The van der Waals surface area contributed by atoms with Gasteiger partial charge >= 0.3 is 11.9 Å². The molecular formula is C14H12INO6. The number of ether oxygens (including phenoxy) is 2. The van der Waals surface area contributed by atoms with Gasteiger partial charge in [-0.1, -0.05) is 5.16 Å². The molecule has 1 aromatic carbocycles. The Labute approximate surface area is 139 Å². The molecule has 2 rings (SSSR count). The summed E-state index contributed by atoms with van der Waals surface area (Å²) in [6, 6.07) is 3.39. The number of halogens is 1. The quantitative estimate of drug-likeness (QED) is 0.448. The first-order valence-electron chi connectivity index (χ1n) is 6.12.